The molecule has 0 bridgehead atoms. The fraction of sp³-hybridized carbons (Fsp3) is 0.150. The summed E-state index contributed by atoms with van der Waals surface area (Å²) in [6.07, 6.45) is -4.33. The van der Waals surface area contributed by atoms with Crippen LogP contribution >= 0.6 is 11.3 Å². The van der Waals surface area contributed by atoms with Crippen molar-refractivity contribution in [3.05, 3.63) is 70.7 Å². The van der Waals surface area contributed by atoms with Crippen molar-refractivity contribution in [3.63, 3.8) is 0 Å². The molecule has 10 heteroatoms. The molecule has 156 valence electrons. The molecule has 0 unspecified atom stereocenters. The molecule has 3 amide bonds. The number of nitrogens with two attached hydrogens (primary N) is 1. The van der Waals surface area contributed by atoms with Gasteiger partial charge in [-0.2, -0.15) is 13.2 Å². The van der Waals surface area contributed by atoms with Gasteiger partial charge < -0.3 is 16.4 Å². The summed E-state index contributed by atoms with van der Waals surface area (Å²) < 4.78 is 38.0. The summed E-state index contributed by atoms with van der Waals surface area (Å²) in [4.78, 5) is 27.3. The second-order valence-corrected chi connectivity index (χ2v) is 7.22. The number of hydrogen-bond donors (Lipinski definition) is 3. The van der Waals surface area contributed by atoms with Gasteiger partial charge in [0.15, 0.2) is 0 Å². The SMILES string of the molecule is NC(=O)Nc1ccc(CNC(=O)Cc2csc(-c3ccc(C(F)(F)F)cc3)n2)cc1. The van der Waals surface area contributed by atoms with E-state index in [0.717, 1.165) is 17.7 Å². The van der Waals surface area contributed by atoms with Crippen LogP contribution in [0.15, 0.2) is 53.9 Å². The molecule has 0 aliphatic carbocycles. The number of nitrogens with one attached hydrogen (secondary N) is 2. The summed E-state index contributed by atoms with van der Waals surface area (Å²) in [7, 11) is 0. The Morgan fingerprint density at radius 2 is 1.70 bits per heavy atom. The van der Waals surface area contributed by atoms with E-state index in [2.05, 4.69) is 15.6 Å². The van der Waals surface area contributed by atoms with Crippen LogP contribution in [0, 0.1) is 0 Å². The number of aromatic nitrogens is 1. The number of nitrogens with zero attached hydrogens (tertiary/aromatic N) is 1. The topological polar surface area (TPSA) is 97.1 Å². The predicted molar refractivity (Wildman–Crippen MR) is 108 cm³/mol. The monoisotopic (exact) mass is 434 g/mol. The molecule has 30 heavy (non-hydrogen) atoms. The van der Waals surface area contributed by atoms with Crippen molar-refractivity contribution in [3.8, 4) is 10.6 Å². The molecule has 1 heterocycles. The first-order valence-electron chi connectivity index (χ1n) is 8.75. The van der Waals surface area contributed by atoms with Crippen molar-refractivity contribution in [2.75, 3.05) is 5.32 Å². The fourth-order valence-electron chi connectivity index (χ4n) is 2.60. The fourth-order valence-corrected chi connectivity index (χ4v) is 3.42. The first-order valence-corrected chi connectivity index (χ1v) is 9.63. The number of benzene rings is 2. The van der Waals surface area contributed by atoms with Crippen LogP contribution in [0.25, 0.3) is 10.6 Å². The van der Waals surface area contributed by atoms with Gasteiger partial charge in [0.25, 0.3) is 0 Å². The van der Waals surface area contributed by atoms with Gasteiger partial charge in [-0.1, -0.05) is 24.3 Å². The lowest BCUT2D eigenvalue weighted by Gasteiger charge is -2.06. The third-order valence-corrected chi connectivity index (χ3v) is 5.00. The average Bonchev–Trinajstić information content (AvgIpc) is 3.15. The quantitative estimate of drug-likeness (QED) is 0.543. The first-order chi connectivity index (χ1) is 14.2. The molecule has 0 saturated carbocycles. The van der Waals surface area contributed by atoms with Gasteiger partial charge >= 0.3 is 12.2 Å². The lowest BCUT2D eigenvalue weighted by Crippen LogP contribution is -2.24. The van der Waals surface area contributed by atoms with Gasteiger partial charge in [-0.05, 0) is 29.8 Å². The summed E-state index contributed by atoms with van der Waals surface area (Å²) in [5, 5.41) is 7.46. The van der Waals surface area contributed by atoms with Crippen molar-refractivity contribution < 1.29 is 22.8 Å². The van der Waals surface area contributed by atoms with E-state index in [0.29, 0.717) is 28.5 Å². The Balaban J connectivity index is 1.54. The summed E-state index contributed by atoms with van der Waals surface area (Å²) in [5.74, 6) is -0.237. The Morgan fingerprint density at radius 3 is 2.30 bits per heavy atom. The molecule has 2 aromatic carbocycles. The van der Waals surface area contributed by atoms with E-state index in [-0.39, 0.29) is 12.3 Å². The molecule has 0 saturated heterocycles. The van der Waals surface area contributed by atoms with Crippen LogP contribution in [-0.4, -0.2) is 16.9 Å². The Labute approximate surface area is 173 Å². The number of thiazole rings is 1. The highest BCUT2D eigenvalue weighted by atomic mass is 32.1. The number of carbonyl (C=O) groups excluding carboxylic acids is 2. The second kappa shape index (κ2) is 8.95. The van der Waals surface area contributed by atoms with E-state index in [9.17, 15) is 22.8 Å². The van der Waals surface area contributed by atoms with Crippen LogP contribution < -0.4 is 16.4 Å². The van der Waals surface area contributed by atoms with E-state index in [1.165, 1.54) is 23.5 Å². The zero-order valence-electron chi connectivity index (χ0n) is 15.5. The molecule has 4 N–H and O–H groups in total. The van der Waals surface area contributed by atoms with Crippen LogP contribution in [-0.2, 0) is 23.9 Å². The number of hydrogen-bond acceptors (Lipinski definition) is 4. The van der Waals surface area contributed by atoms with E-state index in [4.69, 9.17) is 5.73 Å². The zero-order valence-corrected chi connectivity index (χ0v) is 16.3. The van der Waals surface area contributed by atoms with Crippen LogP contribution in [0.2, 0.25) is 0 Å². The molecule has 0 aliphatic heterocycles. The van der Waals surface area contributed by atoms with Crippen molar-refractivity contribution in [2.45, 2.75) is 19.1 Å². The normalized spacial score (nSPS) is 11.2. The highest BCUT2D eigenvalue weighted by molar-refractivity contribution is 7.13. The largest absolute Gasteiger partial charge is 0.416 e. The molecule has 0 radical (unpaired) electrons. The smallest absolute Gasteiger partial charge is 0.352 e. The van der Waals surface area contributed by atoms with Crippen LogP contribution in [0.5, 0.6) is 0 Å². The molecular weight excluding hydrogens is 417 g/mol. The van der Waals surface area contributed by atoms with Crippen molar-refractivity contribution in [2.24, 2.45) is 5.73 Å². The van der Waals surface area contributed by atoms with Gasteiger partial charge in [-0.15, -0.1) is 11.3 Å². The van der Waals surface area contributed by atoms with Crippen molar-refractivity contribution in [1.82, 2.24) is 10.3 Å². The van der Waals surface area contributed by atoms with Crippen LogP contribution in [0.1, 0.15) is 16.8 Å². The number of anilines is 1. The van der Waals surface area contributed by atoms with Crippen LogP contribution in [0.3, 0.4) is 0 Å². The minimum absolute atomic E-state index is 0.0540. The number of alkyl halides is 3. The summed E-state index contributed by atoms with van der Waals surface area (Å²) in [6, 6.07) is 10.9. The lowest BCUT2D eigenvalue weighted by molar-refractivity contribution is -0.137. The van der Waals surface area contributed by atoms with E-state index >= 15 is 0 Å². The van der Waals surface area contributed by atoms with Gasteiger partial charge in [0.05, 0.1) is 17.7 Å². The molecule has 0 spiro atoms. The van der Waals surface area contributed by atoms with E-state index in [1.54, 1.807) is 29.6 Å². The molecule has 6 nitrogen and oxygen atoms in total. The maximum absolute atomic E-state index is 12.7. The van der Waals surface area contributed by atoms with Crippen molar-refractivity contribution >= 4 is 29.0 Å². The molecule has 0 fully saturated rings. The van der Waals surface area contributed by atoms with Crippen molar-refractivity contribution in [1.29, 1.82) is 0 Å². The third kappa shape index (κ3) is 5.80. The van der Waals surface area contributed by atoms with Gasteiger partial charge in [0.2, 0.25) is 5.91 Å². The Bertz CT molecular complexity index is 1030. The number of primary amides is 1. The second-order valence-electron chi connectivity index (χ2n) is 6.36. The van der Waals surface area contributed by atoms with E-state index < -0.39 is 17.8 Å². The minimum atomic E-state index is -4.39. The standard InChI is InChI=1S/C20H17F3N4O2S/c21-20(22,23)14-5-3-13(4-6-14)18-26-16(11-30-18)9-17(28)25-10-12-1-7-15(8-2-12)27-19(24)29/h1-8,11H,9-10H2,(H,25,28)(H3,24,27,29). The summed E-state index contributed by atoms with van der Waals surface area (Å²) in [6.45, 7) is 0.297. The highest BCUT2D eigenvalue weighted by Gasteiger charge is 2.30. The Morgan fingerprint density at radius 1 is 1.03 bits per heavy atom. The number of urea groups is 1. The molecule has 1 aromatic heterocycles. The molecule has 3 rings (SSSR count). The van der Waals surface area contributed by atoms with Gasteiger partial charge in [0.1, 0.15) is 5.01 Å². The molecule has 3 aromatic rings. The van der Waals surface area contributed by atoms with Gasteiger partial charge in [-0.3, -0.25) is 4.79 Å². The van der Waals surface area contributed by atoms with E-state index in [1.807, 2.05) is 0 Å². The number of carbonyl (C=O) groups is 2. The third-order valence-electron chi connectivity index (χ3n) is 4.06. The number of halogens is 3. The minimum Gasteiger partial charge on any atom is -0.352 e. The Kier molecular flexibility index (Phi) is 6.36. The van der Waals surface area contributed by atoms with Crippen LogP contribution in [0.4, 0.5) is 23.7 Å². The number of amides is 3. The zero-order chi connectivity index (χ0) is 21.7. The first kappa shape index (κ1) is 21.3. The predicted octanol–water partition coefficient (Wildman–Crippen LogP) is 4.18. The molecule has 0 aliphatic rings. The van der Waals surface area contributed by atoms with Gasteiger partial charge in [0, 0.05) is 23.2 Å². The average molecular weight is 434 g/mol. The summed E-state index contributed by atoms with van der Waals surface area (Å²) in [5.41, 5.74) is 6.80. The lowest BCUT2D eigenvalue weighted by atomic mass is 10.1. The maximum Gasteiger partial charge on any atom is 0.416 e. The maximum atomic E-state index is 12.7. The Hall–Kier alpha value is -3.40. The highest BCUT2D eigenvalue weighted by Crippen LogP contribution is 2.31. The number of rotatable bonds is 6. The summed E-state index contributed by atoms with van der Waals surface area (Å²) >= 11 is 1.26. The van der Waals surface area contributed by atoms with Gasteiger partial charge in [-0.25, -0.2) is 9.78 Å². The molecular formula is C20H17F3N4O2S. The molecule has 0 atom stereocenters.